The Morgan fingerprint density at radius 2 is 2.24 bits per heavy atom. The van der Waals surface area contributed by atoms with Crippen LogP contribution in [0.5, 0.6) is 0 Å². The quantitative estimate of drug-likeness (QED) is 0.690. The van der Waals surface area contributed by atoms with E-state index in [0.29, 0.717) is 19.4 Å². The SMILES string of the molecule is N#C[C@]1(C(=O)[C@@H]2CCCN2)CCCN1C(N)=O. The number of hydrogen-bond donors (Lipinski definition) is 2. The van der Waals surface area contributed by atoms with E-state index in [0.717, 1.165) is 19.4 Å². The number of nitrogens with one attached hydrogen (secondary N) is 1. The van der Waals surface area contributed by atoms with Crippen molar-refractivity contribution in [3.8, 4) is 6.07 Å². The number of nitriles is 1. The second-order valence-corrected chi connectivity index (χ2v) is 4.58. The maximum atomic E-state index is 12.4. The average molecular weight is 236 g/mol. The zero-order valence-electron chi connectivity index (χ0n) is 9.61. The first-order chi connectivity index (χ1) is 8.12. The number of nitrogens with two attached hydrogens (primary N) is 1. The van der Waals surface area contributed by atoms with Gasteiger partial charge in [-0.05, 0) is 32.2 Å². The molecular formula is C11H16N4O2. The topological polar surface area (TPSA) is 99.2 Å². The van der Waals surface area contributed by atoms with Gasteiger partial charge in [-0.25, -0.2) is 4.79 Å². The molecule has 3 N–H and O–H groups in total. The minimum Gasteiger partial charge on any atom is -0.351 e. The number of primary amides is 1. The van der Waals surface area contributed by atoms with Crippen molar-refractivity contribution in [3.63, 3.8) is 0 Å². The second kappa shape index (κ2) is 4.34. The highest BCUT2D eigenvalue weighted by Gasteiger charge is 2.52. The Morgan fingerprint density at radius 3 is 2.76 bits per heavy atom. The van der Waals surface area contributed by atoms with Crippen molar-refractivity contribution in [1.29, 1.82) is 5.26 Å². The third kappa shape index (κ3) is 1.76. The highest BCUT2D eigenvalue weighted by molar-refractivity contribution is 5.99. The van der Waals surface area contributed by atoms with E-state index in [2.05, 4.69) is 5.32 Å². The third-order valence-corrected chi connectivity index (χ3v) is 3.62. The van der Waals surface area contributed by atoms with E-state index in [1.54, 1.807) is 0 Å². The number of urea groups is 1. The Morgan fingerprint density at radius 1 is 1.47 bits per heavy atom. The summed E-state index contributed by atoms with van der Waals surface area (Å²) in [7, 11) is 0. The van der Waals surface area contributed by atoms with E-state index < -0.39 is 11.6 Å². The van der Waals surface area contributed by atoms with Crippen LogP contribution in [0.4, 0.5) is 4.79 Å². The molecule has 2 rings (SSSR count). The van der Waals surface area contributed by atoms with Gasteiger partial charge in [-0.2, -0.15) is 5.26 Å². The van der Waals surface area contributed by atoms with Crippen LogP contribution in [0.3, 0.4) is 0 Å². The van der Waals surface area contributed by atoms with Gasteiger partial charge in [0.2, 0.25) is 0 Å². The highest BCUT2D eigenvalue weighted by atomic mass is 16.2. The Labute approximate surface area is 99.7 Å². The van der Waals surface area contributed by atoms with Crippen molar-refractivity contribution in [2.45, 2.75) is 37.3 Å². The number of amides is 2. The first-order valence-electron chi connectivity index (χ1n) is 5.88. The molecule has 0 aromatic rings. The van der Waals surface area contributed by atoms with Crippen LogP contribution in [0.1, 0.15) is 25.7 Å². The number of carbonyl (C=O) groups is 2. The molecule has 2 atom stereocenters. The van der Waals surface area contributed by atoms with Gasteiger partial charge in [-0.15, -0.1) is 0 Å². The van der Waals surface area contributed by atoms with Crippen LogP contribution >= 0.6 is 0 Å². The number of Topliss-reactive ketones (excluding diaryl/α,β-unsaturated/α-hetero) is 1. The Bertz CT molecular complexity index is 383. The third-order valence-electron chi connectivity index (χ3n) is 3.62. The van der Waals surface area contributed by atoms with Gasteiger partial charge in [-0.1, -0.05) is 0 Å². The van der Waals surface area contributed by atoms with E-state index in [9.17, 15) is 14.9 Å². The molecule has 2 fully saturated rings. The normalized spacial score (nSPS) is 32.4. The number of likely N-dealkylation sites (tertiary alicyclic amines) is 1. The summed E-state index contributed by atoms with van der Waals surface area (Å²) in [6.45, 7) is 1.18. The molecule has 2 amide bonds. The summed E-state index contributed by atoms with van der Waals surface area (Å²) in [4.78, 5) is 24.9. The lowest BCUT2D eigenvalue weighted by molar-refractivity contribution is -0.127. The standard InChI is InChI=1S/C11H16N4O2/c12-7-11(4-2-6-15(11)10(13)17)9(16)8-3-1-5-14-8/h8,14H,1-6H2,(H2,13,17)/t8-,11-/m0/s1. The van der Waals surface area contributed by atoms with Crippen LogP contribution in [0.2, 0.25) is 0 Å². The molecule has 2 aliphatic rings. The van der Waals surface area contributed by atoms with Gasteiger partial charge < -0.3 is 11.1 Å². The minimum atomic E-state index is -1.34. The number of hydrogen-bond acceptors (Lipinski definition) is 4. The van der Waals surface area contributed by atoms with Crippen molar-refractivity contribution in [2.24, 2.45) is 5.73 Å². The van der Waals surface area contributed by atoms with E-state index in [1.807, 2.05) is 6.07 Å². The molecule has 0 bridgehead atoms. The van der Waals surface area contributed by atoms with Crippen molar-refractivity contribution in [1.82, 2.24) is 10.2 Å². The van der Waals surface area contributed by atoms with E-state index in [4.69, 9.17) is 5.73 Å². The first-order valence-corrected chi connectivity index (χ1v) is 5.88. The lowest BCUT2D eigenvalue weighted by Gasteiger charge is -2.31. The Balaban J connectivity index is 2.27. The Hall–Kier alpha value is -1.61. The summed E-state index contributed by atoms with van der Waals surface area (Å²) in [5.41, 5.74) is 3.91. The minimum absolute atomic E-state index is 0.200. The zero-order chi connectivity index (χ0) is 12.5. The molecule has 0 aromatic carbocycles. The molecule has 6 nitrogen and oxygen atoms in total. The smallest absolute Gasteiger partial charge is 0.316 e. The maximum Gasteiger partial charge on any atom is 0.316 e. The van der Waals surface area contributed by atoms with Gasteiger partial charge in [0.1, 0.15) is 0 Å². The molecule has 0 aliphatic carbocycles. The first kappa shape index (κ1) is 11.9. The van der Waals surface area contributed by atoms with Crippen LogP contribution in [0, 0.1) is 11.3 Å². The predicted molar refractivity (Wildman–Crippen MR) is 59.9 cm³/mol. The molecule has 0 unspecified atom stereocenters. The Kier molecular flexibility index (Phi) is 3.03. The summed E-state index contributed by atoms with van der Waals surface area (Å²) in [6.07, 6.45) is 2.70. The largest absolute Gasteiger partial charge is 0.351 e. The van der Waals surface area contributed by atoms with Gasteiger partial charge in [-0.3, -0.25) is 9.69 Å². The van der Waals surface area contributed by atoms with Crippen molar-refractivity contribution < 1.29 is 9.59 Å². The summed E-state index contributed by atoms with van der Waals surface area (Å²) in [5, 5.41) is 12.4. The van der Waals surface area contributed by atoms with Gasteiger partial charge in [0.25, 0.3) is 0 Å². The van der Waals surface area contributed by atoms with Gasteiger partial charge in [0.15, 0.2) is 11.3 Å². The fourth-order valence-corrected chi connectivity index (χ4v) is 2.74. The molecule has 0 saturated carbocycles. The molecule has 2 saturated heterocycles. The van der Waals surface area contributed by atoms with Crippen molar-refractivity contribution in [2.75, 3.05) is 13.1 Å². The molecule has 17 heavy (non-hydrogen) atoms. The molecule has 0 radical (unpaired) electrons. The van der Waals surface area contributed by atoms with Crippen LogP contribution in [-0.2, 0) is 4.79 Å². The van der Waals surface area contributed by atoms with Crippen LogP contribution in [0.25, 0.3) is 0 Å². The number of rotatable bonds is 2. The molecule has 6 heteroatoms. The van der Waals surface area contributed by atoms with E-state index >= 15 is 0 Å². The van der Waals surface area contributed by atoms with Crippen LogP contribution < -0.4 is 11.1 Å². The van der Waals surface area contributed by atoms with Gasteiger partial charge in [0.05, 0.1) is 12.1 Å². The summed E-state index contributed by atoms with van der Waals surface area (Å²) < 4.78 is 0. The monoisotopic (exact) mass is 236 g/mol. The van der Waals surface area contributed by atoms with E-state index in [-0.39, 0.29) is 11.8 Å². The summed E-state index contributed by atoms with van der Waals surface area (Å²) >= 11 is 0. The fraction of sp³-hybridized carbons (Fsp3) is 0.727. The van der Waals surface area contributed by atoms with E-state index in [1.165, 1.54) is 4.90 Å². The van der Waals surface area contributed by atoms with Gasteiger partial charge in [0, 0.05) is 6.54 Å². The lowest BCUT2D eigenvalue weighted by atomic mass is 9.87. The molecule has 0 spiro atoms. The maximum absolute atomic E-state index is 12.4. The van der Waals surface area contributed by atoms with Crippen molar-refractivity contribution in [3.05, 3.63) is 0 Å². The molecular weight excluding hydrogens is 220 g/mol. The summed E-state index contributed by atoms with van der Waals surface area (Å²) in [6, 6.07) is 1.03. The molecule has 92 valence electrons. The lowest BCUT2D eigenvalue weighted by Crippen LogP contribution is -2.58. The number of carbonyl (C=O) groups excluding carboxylic acids is 2. The number of nitrogens with zero attached hydrogens (tertiary/aromatic N) is 2. The second-order valence-electron chi connectivity index (χ2n) is 4.58. The molecule has 2 aliphatic heterocycles. The summed E-state index contributed by atoms with van der Waals surface area (Å²) in [5.74, 6) is -0.200. The molecule has 0 aromatic heterocycles. The fourth-order valence-electron chi connectivity index (χ4n) is 2.74. The van der Waals surface area contributed by atoms with Crippen molar-refractivity contribution >= 4 is 11.8 Å². The average Bonchev–Trinajstić information content (AvgIpc) is 2.97. The van der Waals surface area contributed by atoms with Crippen LogP contribution in [-0.4, -0.2) is 41.4 Å². The molecule has 2 heterocycles. The highest BCUT2D eigenvalue weighted by Crippen LogP contribution is 2.31. The van der Waals surface area contributed by atoms with Crippen LogP contribution in [0.15, 0.2) is 0 Å². The number of ketones is 1. The predicted octanol–water partition coefficient (Wildman–Crippen LogP) is -0.256. The zero-order valence-corrected chi connectivity index (χ0v) is 9.61. The van der Waals surface area contributed by atoms with Gasteiger partial charge >= 0.3 is 6.03 Å².